The third kappa shape index (κ3) is 5.32. The van der Waals surface area contributed by atoms with Crippen molar-refractivity contribution in [1.82, 2.24) is 0 Å². The molecule has 0 aliphatic carbocycles. The van der Waals surface area contributed by atoms with E-state index in [0.717, 1.165) is 22.9 Å². The first kappa shape index (κ1) is 20.5. The molecule has 2 rings (SSSR count). The third-order valence-corrected chi connectivity index (χ3v) is 5.50. The molecule has 0 aromatic heterocycles. The second kappa shape index (κ2) is 7.40. The highest BCUT2D eigenvalue weighted by molar-refractivity contribution is 7.90. The molecule has 9 heteroatoms. The molecule has 0 amide bonds. The van der Waals surface area contributed by atoms with Crippen LogP contribution in [0.15, 0.2) is 35.2 Å². The quantitative estimate of drug-likeness (QED) is 0.637. The summed E-state index contributed by atoms with van der Waals surface area (Å²) in [5.74, 6) is 0.247. The molecule has 0 saturated heterocycles. The Hall–Kier alpha value is -1.86. The summed E-state index contributed by atoms with van der Waals surface area (Å²) in [6.07, 6.45) is 0.761. The Morgan fingerprint density at radius 1 is 1.08 bits per heavy atom. The summed E-state index contributed by atoms with van der Waals surface area (Å²) in [5, 5.41) is 10.2. The summed E-state index contributed by atoms with van der Waals surface area (Å²) >= 11 is 0. The van der Waals surface area contributed by atoms with Gasteiger partial charge in [0.2, 0.25) is 0 Å². The van der Waals surface area contributed by atoms with Crippen molar-refractivity contribution in [3.8, 4) is 11.5 Å². The average Bonchev–Trinajstić information content (AvgIpc) is 2.48. The predicted octanol–water partition coefficient (Wildman–Crippen LogP) is 2.52. The van der Waals surface area contributed by atoms with Crippen molar-refractivity contribution in [1.29, 1.82) is 0 Å². The Morgan fingerprint density at radius 3 is 2.12 bits per heavy atom. The molecule has 0 aliphatic heterocycles. The van der Waals surface area contributed by atoms with Gasteiger partial charge in [-0.1, -0.05) is 6.07 Å². The number of rotatable bonds is 6. The van der Waals surface area contributed by atoms with E-state index >= 15 is 0 Å². The molecule has 26 heavy (non-hydrogen) atoms. The molecule has 7 nitrogen and oxygen atoms in total. The molecule has 0 unspecified atom stereocenters. The van der Waals surface area contributed by atoms with Gasteiger partial charge in [0, 0.05) is 12.7 Å². The van der Waals surface area contributed by atoms with E-state index < -0.39 is 23.8 Å². The first-order valence-electron chi connectivity index (χ1n) is 7.66. The Labute approximate surface area is 152 Å². The molecule has 142 valence electrons. The van der Waals surface area contributed by atoms with E-state index in [9.17, 15) is 18.1 Å². The van der Waals surface area contributed by atoms with Crippen LogP contribution in [0.2, 0.25) is 0 Å². The third-order valence-electron chi connectivity index (χ3n) is 3.92. The van der Waals surface area contributed by atoms with E-state index in [1.54, 1.807) is 18.2 Å². The molecule has 0 atom stereocenters. The number of hydrogen-bond acceptors (Lipinski definition) is 5. The minimum absolute atomic E-state index is 0.0494. The molecular formula is C17H21O7PS. The van der Waals surface area contributed by atoms with E-state index in [1.807, 2.05) is 13.8 Å². The lowest BCUT2D eigenvalue weighted by Crippen LogP contribution is -2.02. The van der Waals surface area contributed by atoms with Crippen molar-refractivity contribution in [2.24, 2.45) is 0 Å². The summed E-state index contributed by atoms with van der Waals surface area (Å²) < 4.78 is 39.2. The highest BCUT2D eigenvalue weighted by Crippen LogP contribution is 2.35. The van der Waals surface area contributed by atoms with Crippen LogP contribution in [0.3, 0.4) is 0 Å². The minimum atomic E-state index is -4.26. The second-order valence-corrected chi connectivity index (χ2v) is 9.82. The summed E-state index contributed by atoms with van der Waals surface area (Å²) in [4.78, 5) is 17.8. The molecule has 0 spiro atoms. The lowest BCUT2D eigenvalue weighted by Gasteiger charge is -2.15. The standard InChI is InChI=1S/C17H21O7PS/c1-11-6-14(24-10-25(19,20)21)7-12(2)16(11)8-13-4-5-15(9-17(13)18)26(3,22)23/h4-7,9,18H,8,10H2,1-3H3,(H2,19,20,21). The average molecular weight is 400 g/mol. The smallest absolute Gasteiger partial charge is 0.362 e. The first-order valence-corrected chi connectivity index (χ1v) is 11.3. The van der Waals surface area contributed by atoms with Gasteiger partial charge in [-0.15, -0.1) is 0 Å². The summed E-state index contributed by atoms with van der Waals surface area (Å²) in [5.41, 5.74) is 3.15. The number of sulfone groups is 1. The number of hydrogen-bond donors (Lipinski definition) is 3. The topological polar surface area (TPSA) is 121 Å². The van der Waals surface area contributed by atoms with Crippen LogP contribution >= 0.6 is 7.60 Å². The van der Waals surface area contributed by atoms with Crippen LogP contribution in [-0.2, 0) is 20.8 Å². The van der Waals surface area contributed by atoms with Crippen LogP contribution in [0.5, 0.6) is 11.5 Å². The Kier molecular flexibility index (Phi) is 5.82. The summed E-state index contributed by atoms with van der Waals surface area (Å²) in [7, 11) is -7.65. The fraction of sp³-hybridized carbons (Fsp3) is 0.294. The molecular weight excluding hydrogens is 379 g/mol. The van der Waals surface area contributed by atoms with E-state index in [1.165, 1.54) is 12.1 Å². The fourth-order valence-corrected chi connectivity index (χ4v) is 3.55. The number of phenols is 1. The molecule has 0 radical (unpaired) electrons. The molecule has 0 saturated carbocycles. The van der Waals surface area contributed by atoms with Crippen LogP contribution in [-0.4, -0.2) is 35.9 Å². The van der Waals surface area contributed by atoms with Gasteiger partial charge >= 0.3 is 7.60 Å². The predicted molar refractivity (Wildman–Crippen MR) is 97.5 cm³/mol. The molecule has 2 aromatic rings. The highest BCUT2D eigenvalue weighted by Gasteiger charge is 2.16. The molecule has 0 fully saturated rings. The van der Waals surface area contributed by atoms with Gasteiger partial charge < -0.3 is 19.6 Å². The van der Waals surface area contributed by atoms with Gasteiger partial charge in [0.1, 0.15) is 11.5 Å². The number of aromatic hydroxyl groups is 1. The number of benzene rings is 2. The fourth-order valence-electron chi connectivity index (χ4n) is 2.59. The second-order valence-electron chi connectivity index (χ2n) is 6.21. The van der Waals surface area contributed by atoms with Gasteiger partial charge in [0.25, 0.3) is 0 Å². The Bertz CT molecular complexity index is 954. The largest absolute Gasteiger partial charge is 0.508 e. The van der Waals surface area contributed by atoms with Crippen molar-refractivity contribution in [2.45, 2.75) is 25.2 Å². The molecule has 3 N–H and O–H groups in total. The van der Waals surface area contributed by atoms with Crippen molar-refractivity contribution < 1.29 is 32.6 Å². The van der Waals surface area contributed by atoms with Gasteiger partial charge in [-0.2, -0.15) is 0 Å². The van der Waals surface area contributed by atoms with Crippen LogP contribution in [0.4, 0.5) is 0 Å². The highest BCUT2D eigenvalue weighted by atomic mass is 32.2. The van der Waals surface area contributed by atoms with E-state index in [-0.39, 0.29) is 10.6 Å². The maximum Gasteiger partial charge on any atom is 0.362 e. The summed E-state index contributed by atoms with van der Waals surface area (Å²) in [6.45, 7) is 3.66. The molecule has 0 aliphatic rings. The molecule has 0 heterocycles. The minimum Gasteiger partial charge on any atom is -0.508 e. The van der Waals surface area contributed by atoms with Crippen molar-refractivity contribution >= 4 is 17.4 Å². The number of ether oxygens (including phenoxy) is 1. The van der Waals surface area contributed by atoms with Crippen LogP contribution in [0.25, 0.3) is 0 Å². The van der Waals surface area contributed by atoms with Gasteiger partial charge in [0.05, 0.1) is 4.90 Å². The molecule has 0 bridgehead atoms. The molecule has 2 aromatic carbocycles. The van der Waals surface area contributed by atoms with Gasteiger partial charge in [-0.3, -0.25) is 4.57 Å². The van der Waals surface area contributed by atoms with Crippen LogP contribution in [0, 0.1) is 13.8 Å². The summed E-state index contributed by atoms with van der Waals surface area (Å²) in [6, 6.07) is 7.59. The zero-order chi connectivity index (χ0) is 19.7. The zero-order valence-corrected chi connectivity index (χ0v) is 16.3. The van der Waals surface area contributed by atoms with Crippen molar-refractivity contribution in [3.63, 3.8) is 0 Å². The van der Waals surface area contributed by atoms with Crippen molar-refractivity contribution in [2.75, 3.05) is 12.6 Å². The van der Waals surface area contributed by atoms with E-state index in [2.05, 4.69) is 0 Å². The van der Waals surface area contributed by atoms with E-state index in [0.29, 0.717) is 17.7 Å². The SMILES string of the molecule is Cc1cc(OCP(=O)(O)O)cc(C)c1Cc1ccc(S(C)(=O)=O)cc1O. The van der Waals surface area contributed by atoms with Gasteiger partial charge in [0.15, 0.2) is 16.2 Å². The monoisotopic (exact) mass is 400 g/mol. The van der Waals surface area contributed by atoms with Crippen LogP contribution < -0.4 is 4.74 Å². The zero-order valence-electron chi connectivity index (χ0n) is 14.6. The number of phenolic OH excluding ortho intramolecular Hbond substituents is 1. The Balaban J connectivity index is 2.29. The lowest BCUT2D eigenvalue weighted by molar-refractivity contribution is 0.300. The first-order chi connectivity index (χ1) is 11.9. The maximum absolute atomic E-state index is 11.6. The normalized spacial score (nSPS) is 12.2. The van der Waals surface area contributed by atoms with Crippen LogP contribution in [0.1, 0.15) is 22.3 Å². The van der Waals surface area contributed by atoms with E-state index in [4.69, 9.17) is 14.5 Å². The Morgan fingerprint density at radius 2 is 1.65 bits per heavy atom. The van der Waals surface area contributed by atoms with Crippen molar-refractivity contribution in [3.05, 3.63) is 52.6 Å². The lowest BCUT2D eigenvalue weighted by atomic mass is 9.95. The maximum atomic E-state index is 11.6. The van der Waals surface area contributed by atoms with Gasteiger partial charge in [-0.25, -0.2) is 8.42 Å². The van der Waals surface area contributed by atoms with Gasteiger partial charge in [-0.05, 0) is 60.4 Å². The number of aryl methyl sites for hydroxylation is 2.